The molecule has 140 valence electrons. The maximum absolute atomic E-state index is 13.4. The average Bonchev–Trinajstić information content (AvgIpc) is 3.21. The van der Waals surface area contributed by atoms with Gasteiger partial charge in [-0.25, -0.2) is 4.98 Å². The molecule has 0 saturated heterocycles. The number of anilines is 2. The summed E-state index contributed by atoms with van der Waals surface area (Å²) >= 11 is 1.36. The van der Waals surface area contributed by atoms with Gasteiger partial charge in [-0.3, -0.25) is 4.79 Å². The van der Waals surface area contributed by atoms with Crippen LogP contribution < -0.4 is 15.4 Å². The van der Waals surface area contributed by atoms with E-state index >= 15 is 0 Å². The van der Waals surface area contributed by atoms with Gasteiger partial charge in [-0.05, 0) is 49.2 Å². The zero-order valence-corrected chi connectivity index (χ0v) is 16.4. The lowest BCUT2D eigenvalue weighted by Crippen LogP contribution is -2.35. The van der Waals surface area contributed by atoms with Crippen LogP contribution in [0.25, 0.3) is 21.1 Å². The van der Waals surface area contributed by atoms with Crippen molar-refractivity contribution in [1.82, 2.24) is 4.98 Å². The van der Waals surface area contributed by atoms with Crippen LogP contribution in [0.5, 0.6) is 5.75 Å². The van der Waals surface area contributed by atoms with Gasteiger partial charge in [0, 0.05) is 22.5 Å². The van der Waals surface area contributed by atoms with Gasteiger partial charge in [0.05, 0.1) is 18.3 Å². The molecule has 3 heterocycles. The molecule has 0 fully saturated rings. The Hall–Kier alpha value is -3.12. The molecular weight excluding hydrogens is 370 g/mol. The molecule has 5 nitrogen and oxygen atoms in total. The number of benzene rings is 2. The van der Waals surface area contributed by atoms with E-state index in [4.69, 9.17) is 15.5 Å². The van der Waals surface area contributed by atoms with Gasteiger partial charge in [0.15, 0.2) is 0 Å². The Morgan fingerprint density at radius 3 is 2.89 bits per heavy atom. The van der Waals surface area contributed by atoms with E-state index in [0.717, 1.165) is 39.0 Å². The fourth-order valence-electron chi connectivity index (χ4n) is 3.95. The number of carbonyl (C=O) groups is 1. The van der Waals surface area contributed by atoms with Crippen LogP contribution in [0.1, 0.15) is 22.2 Å². The van der Waals surface area contributed by atoms with Gasteiger partial charge in [-0.15, -0.1) is 11.3 Å². The molecule has 0 unspecified atom stereocenters. The minimum Gasteiger partial charge on any atom is -0.497 e. The number of methoxy groups -OCH3 is 1. The summed E-state index contributed by atoms with van der Waals surface area (Å²) in [5.74, 6) is 0.709. The Morgan fingerprint density at radius 1 is 1.25 bits per heavy atom. The number of hydrogen-bond acceptors (Lipinski definition) is 5. The number of aromatic nitrogens is 1. The number of ether oxygens (including phenoxy) is 1. The highest BCUT2D eigenvalue weighted by Gasteiger charge is 2.33. The van der Waals surface area contributed by atoms with Crippen LogP contribution in [0, 0.1) is 0 Å². The van der Waals surface area contributed by atoms with E-state index in [1.54, 1.807) is 7.11 Å². The number of nitrogens with zero attached hydrogens (tertiary/aromatic N) is 2. The van der Waals surface area contributed by atoms with Crippen molar-refractivity contribution in [3.05, 3.63) is 59.0 Å². The Labute approximate surface area is 166 Å². The first kappa shape index (κ1) is 17.0. The first-order valence-corrected chi connectivity index (χ1v) is 9.96. The van der Waals surface area contributed by atoms with Crippen molar-refractivity contribution >= 4 is 49.7 Å². The summed E-state index contributed by atoms with van der Waals surface area (Å²) in [4.78, 5) is 21.3. The number of nitrogens with two attached hydrogens (primary N) is 1. The summed E-state index contributed by atoms with van der Waals surface area (Å²) in [6.07, 6.45) is 0.856. The second-order valence-corrected chi connectivity index (χ2v) is 8.10. The summed E-state index contributed by atoms with van der Waals surface area (Å²) in [7, 11) is 1.64. The van der Waals surface area contributed by atoms with Gasteiger partial charge in [0.2, 0.25) is 0 Å². The molecule has 2 aromatic heterocycles. The molecular formula is C22H19N3O2S. The number of hydrogen-bond donors (Lipinski definition) is 1. The largest absolute Gasteiger partial charge is 0.497 e. The van der Waals surface area contributed by atoms with E-state index in [2.05, 4.69) is 13.0 Å². The quantitative estimate of drug-likeness (QED) is 0.543. The molecule has 5 rings (SSSR count). The SMILES string of the molecule is COc1ccc2nc3sc(C(=O)N4c5ccccc5C[C@H]4C)c(N)c3cc2c1. The van der Waals surface area contributed by atoms with Gasteiger partial charge in [0.25, 0.3) is 5.91 Å². The number of thiophene rings is 1. The van der Waals surface area contributed by atoms with E-state index in [-0.39, 0.29) is 11.9 Å². The summed E-state index contributed by atoms with van der Waals surface area (Å²) in [5, 5.41) is 1.75. The number of pyridine rings is 1. The number of para-hydroxylation sites is 1. The molecule has 0 radical (unpaired) electrons. The number of fused-ring (bicyclic) bond motifs is 3. The molecule has 28 heavy (non-hydrogen) atoms. The first-order valence-electron chi connectivity index (χ1n) is 9.15. The van der Waals surface area contributed by atoms with Crippen molar-refractivity contribution in [3.63, 3.8) is 0 Å². The predicted molar refractivity (Wildman–Crippen MR) is 115 cm³/mol. The van der Waals surface area contributed by atoms with Gasteiger partial charge in [-0.1, -0.05) is 18.2 Å². The first-order chi connectivity index (χ1) is 13.6. The van der Waals surface area contributed by atoms with Crippen molar-refractivity contribution in [2.24, 2.45) is 0 Å². The Kier molecular flexibility index (Phi) is 3.77. The number of rotatable bonds is 2. The van der Waals surface area contributed by atoms with Gasteiger partial charge >= 0.3 is 0 Å². The highest BCUT2D eigenvalue weighted by molar-refractivity contribution is 7.21. The van der Waals surface area contributed by atoms with Crippen molar-refractivity contribution in [2.45, 2.75) is 19.4 Å². The molecule has 1 amide bonds. The number of amides is 1. The molecule has 0 aliphatic carbocycles. The van der Waals surface area contributed by atoms with E-state index < -0.39 is 0 Å². The number of nitrogen functional groups attached to an aromatic ring is 1. The molecule has 1 aliphatic rings. The normalized spacial score (nSPS) is 15.9. The van der Waals surface area contributed by atoms with E-state index in [1.165, 1.54) is 16.9 Å². The lowest BCUT2D eigenvalue weighted by molar-refractivity contribution is 0.0986. The molecule has 0 spiro atoms. The zero-order chi connectivity index (χ0) is 19.4. The Balaban J connectivity index is 1.64. The summed E-state index contributed by atoms with van der Waals surface area (Å²) in [6.45, 7) is 2.07. The van der Waals surface area contributed by atoms with Crippen LogP contribution in [-0.2, 0) is 6.42 Å². The molecule has 4 aromatic rings. The Morgan fingerprint density at radius 2 is 2.07 bits per heavy atom. The van der Waals surface area contributed by atoms with Gasteiger partial charge < -0.3 is 15.4 Å². The lowest BCUT2D eigenvalue weighted by Gasteiger charge is -2.22. The van der Waals surface area contributed by atoms with Crippen LogP contribution >= 0.6 is 11.3 Å². The van der Waals surface area contributed by atoms with Crippen molar-refractivity contribution in [2.75, 3.05) is 17.7 Å². The van der Waals surface area contributed by atoms with Crippen LogP contribution in [0.3, 0.4) is 0 Å². The number of carbonyl (C=O) groups excluding carboxylic acids is 1. The molecule has 1 atom stereocenters. The van der Waals surface area contributed by atoms with Crippen molar-refractivity contribution < 1.29 is 9.53 Å². The van der Waals surface area contributed by atoms with E-state index in [0.29, 0.717) is 10.6 Å². The minimum atomic E-state index is -0.0559. The second-order valence-electron chi connectivity index (χ2n) is 7.10. The van der Waals surface area contributed by atoms with Crippen LogP contribution in [0.4, 0.5) is 11.4 Å². The summed E-state index contributed by atoms with van der Waals surface area (Å²) in [6, 6.07) is 15.9. The van der Waals surface area contributed by atoms with E-state index in [1.807, 2.05) is 47.4 Å². The monoisotopic (exact) mass is 389 g/mol. The zero-order valence-electron chi connectivity index (χ0n) is 15.6. The molecule has 0 saturated carbocycles. The van der Waals surface area contributed by atoms with E-state index in [9.17, 15) is 4.79 Å². The fraction of sp³-hybridized carbons (Fsp3) is 0.182. The molecule has 2 N–H and O–H groups in total. The minimum absolute atomic E-state index is 0.0559. The third kappa shape index (κ3) is 2.45. The molecule has 0 bridgehead atoms. The highest BCUT2D eigenvalue weighted by Crippen LogP contribution is 2.39. The van der Waals surface area contributed by atoms with Gasteiger partial charge in [-0.2, -0.15) is 0 Å². The maximum atomic E-state index is 13.4. The van der Waals surface area contributed by atoms with Crippen molar-refractivity contribution in [1.29, 1.82) is 0 Å². The van der Waals surface area contributed by atoms with Crippen molar-refractivity contribution in [3.8, 4) is 5.75 Å². The van der Waals surface area contributed by atoms with Crippen LogP contribution in [0.2, 0.25) is 0 Å². The molecule has 6 heteroatoms. The third-order valence-electron chi connectivity index (χ3n) is 5.34. The lowest BCUT2D eigenvalue weighted by atomic mass is 10.1. The smallest absolute Gasteiger partial charge is 0.270 e. The predicted octanol–water partition coefficient (Wildman–Crippen LogP) is 4.63. The van der Waals surface area contributed by atoms with Gasteiger partial charge in [0.1, 0.15) is 15.5 Å². The highest BCUT2D eigenvalue weighted by atomic mass is 32.1. The average molecular weight is 389 g/mol. The standard InChI is InChI=1S/C22H19N3O2S/c1-12-9-13-5-3-4-6-18(13)25(12)22(26)20-19(23)16-11-14-10-15(27-2)7-8-17(14)24-21(16)28-20/h3-8,10-12H,9,23H2,1-2H3/t12-/m1/s1. The Bertz CT molecular complexity index is 1250. The molecule has 2 aromatic carbocycles. The third-order valence-corrected chi connectivity index (χ3v) is 6.44. The summed E-state index contributed by atoms with van der Waals surface area (Å²) < 4.78 is 5.30. The summed E-state index contributed by atoms with van der Waals surface area (Å²) in [5.41, 5.74) is 9.95. The van der Waals surface area contributed by atoms with Crippen LogP contribution in [-0.4, -0.2) is 24.0 Å². The topological polar surface area (TPSA) is 68.5 Å². The second kappa shape index (κ2) is 6.21. The van der Waals surface area contributed by atoms with Crippen LogP contribution in [0.15, 0.2) is 48.5 Å². The molecule has 1 aliphatic heterocycles. The maximum Gasteiger partial charge on any atom is 0.270 e. The fourth-order valence-corrected chi connectivity index (χ4v) is 4.97.